The number of aromatic nitrogens is 1. The summed E-state index contributed by atoms with van der Waals surface area (Å²) in [5.74, 6) is 1.09. The van der Waals surface area contributed by atoms with Crippen molar-refractivity contribution in [2.45, 2.75) is 57.2 Å². The van der Waals surface area contributed by atoms with Crippen LogP contribution in [0.3, 0.4) is 0 Å². The van der Waals surface area contributed by atoms with Crippen LogP contribution in [0.5, 0.6) is 0 Å². The number of carbonyl (C=O) groups excluding carboxylic acids is 2. The van der Waals surface area contributed by atoms with Gasteiger partial charge in [0.2, 0.25) is 5.91 Å². The Morgan fingerprint density at radius 2 is 1.68 bits per heavy atom. The molecule has 3 amide bonds. The van der Waals surface area contributed by atoms with Gasteiger partial charge < -0.3 is 19.8 Å². The lowest BCUT2D eigenvalue weighted by Crippen LogP contribution is -2.43. The molecule has 1 saturated carbocycles. The first-order chi connectivity index (χ1) is 18.5. The molecular weight excluding hydrogens is 478 g/mol. The standard InChI is InChI=1S/C30H39N5O3/c36-28(20-32-12-9-22-3-1-2-4-26(22)18-32)21-35-16-15-34(30(35)38)19-27-8-7-25(17-31-27)23-10-13-33(14-11-23)29(37)24-5-6-24/h1-4,7-8,17,23-24,28,36H,5-6,9-16,18-21H2/t28-/m1/s1. The molecule has 0 spiro atoms. The number of nitrogens with zero attached hydrogens (tertiary/aromatic N) is 5. The molecule has 4 aliphatic rings. The van der Waals surface area contributed by atoms with Crippen LogP contribution >= 0.6 is 0 Å². The lowest BCUT2D eigenvalue weighted by atomic mass is 9.90. The SMILES string of the molecule is O=C(C1CC1)N1CCC(c2ccc(CN3CCN(C[C@H](O)CN4CCc5ccccc5C4)C3=O)nc2)CC1. The third-order valence-corrected chi connectivity index (χ3v) is 8.70. The summed E-state index contributed by atoms with van der Waals surface area (Å²) >= 11 is 0. The predicted octanol–water partition coefficient (Wildman–Crippen LogP) is 2.85. The third kappa shape index (κ3) is 5.71. The topological polar surface area (TPSA) is 80.2 Å². The number of urea groups is 1. The van der Waals surface area contributed by atoms with Crippen molar-refractivity contribution in [1.29, 1.82) is 0 Å². The summed E-state index contributed by atoms with van der Waals surface area (Å²) in [5, 5.41) is 10.7. The summed E-state index contributed by atoms with van der Waals surface area (Å²) in [6, 6.07) is 12.7. The molecule has 202 valence electrons. The van der Waals surface area contributed by atoms with Crippen LogP contribution in [0.2, 0.25) is 0 Å². The zero-order valence-corrected chi connectivity index (χ0v) is 22.2. The maximum Gasteiger partial charge on any atom is 0.320 e. The Labute approximate surface area is 225 Å². The van der Waals surface area contributed by atoms with Gasteiger partial charge in [0.05, 0.1) is 18.3 Å². The van der Waals surface area contributed by atoms with E-state index in [0.29, 0.717) is 50.5 Å². The molecule has 1 N–H and O–H groups in total. The monoisotopic (exact) mass is 517 g/mol. The molecule has 6 rings (SSSR count). The van der Waals surface area contributed by atoms with Gasteiger partial charge >= 0.3 is 6.03 Å². The summed E-state index contributed by atoms with van der Waals surface area (Å²) in [5.41, 5.74) is 4.85. The van der Waals surface area contributed by atoms with Crippen LogP contribution in [0.4, 0.5) is 4.79 Å². The molecule has 1 aliphatic carbocycles. The lowest BCUT2D eigenvalue weighted by Gasteiger charge is -2.32. The van der Waals surface area contributed by atoms with Gasteiger partial charge in [-0.2, -0.15) is 0 Å². The van der Waals surface area contributed by atoms with Crippen molar-refractivity contribution in [3.63, 3.8) is 0 Å². The van der Waals surface area contributed by atoms with E-state index in [1.165, 1.54) is 16.7 Å². The van der Waals surface area contributed by atoms with Crippen molar-refractivity contribution in [1.82, 2.24) is 24.6 Å². The van der Waals surface area contributed by atoms with E-state index >= 15 is 0 Å². The summed E-state index contributed by atoms with van der Waals surface area (Å²) in [6.45, 7) is 6.20. The first-order valence-electron chi connectivity index (χ1n) is 14.3. The summed E-state index contributed by atoms with van der Waals surface area (Å²) < 4.78 is 0. The van der Waals surface area contributed by atoms with Gasteiger partial charge in [-0.1, -0.05) is 30.3 Å². The number of aliphatic hydroxyl groups is 1. The van der Waals surface area contributed by atoms with Gasteiger partial charge in [-0.15, -0.1) is 0 Å². The van der Waals surface area contributed by atoms with Gasteiger partial charge in [-0.3, -0.25) is 14.7 Å². The molecule has 0 bridgehead atoms. The van der Waals surface area contributed by atoms with Gasteiger partial charge in [0, 0.05) is 64.5 Å². The highest BCUT2D eigenvalue weighted by Crippen LogP contribution is 2.34. The van der Waals surface area contributed by atoms with Gasteiger partial charge in [-0.25, -0.2) is 4.79 Å². The number of fused-ring (bicyclic) bond motifs is 1. The highest BCUT2D eigenvalue weighted by molar-refractivity contribution is 5.81. The normalized spacial score (nSPS) is 21.6. The lowest BCUT2D eigenvalue weighted by molar-refractivity contribution is -0.133. The quantitative estimate of drug-likeness (QED) is 0.583. The number of aliphatic hydroxyl groups excluding tert-OH is 1. The molecule has 1 aromatic carbocycles. The minimum Gasteiger partial charge on any atom is -0.390 e. The Morgan fingerprint density at radius 1 is 0.921 bits per heavy atom. The number of hydrogen-bond acceptors (Lipinski definition) is 5. The fourth-order valence-corrected chi connectivity index (χ4v) is 6.26. The Kier molecular flexibility index (Phi) is 7.34. The number of hydrogen-bond donors (Lipinski definition) is 1. The van der Waals surface area contributed by atoms with Crippen LogP contribution in [-0.2, 0) is 24.3 Å². The number of pyridine rings is 1. The van der Waals surface area contributed by atoms with Crippen molar-refractivity contribution in [3.05, 3.63) is 65.0 Å². The predicted molar refractivity (Wildman–Crippen MR) is 144 cm³/mol. The van der Waals surface area contributed by atoms with Crippen molar-refractivity contribution in [3.8, 4) is 0 Å². The number of piperidine rings is 1. The maximum absolute atomic E-state index is 13.0. The van der Waals surface area contributed by atoms with Crippen LogP contribution in [-0.4, -0.2) is 93.5 Å². The Morgan fingerprint density at radius 3 is 2.42 bits per heavy atom. The van der Waals surface area contributed by atoms with E-state index in [4.69, 9.17) is 0 Å². The number of amides is 3. The fourth-order valence-electron chi connectivity index (χ4n) is 6.26. The second-order valence-corrected chi connectivity index (χ2v) is 11.5. The molecule has 3 aliphatic heterocycles. The molecular formula is C30H39N5O3. The zero-order valence-electron chi connectivity index (χ0n) is 22.2. The third-order valence-electron chi connectivity index (χ3n) is 8.70. The van der Waals surface area contributed by atoms with Crippen LogP contribution in [0.1, 0.15) is 54.0 Å². The first-order valence-corrected chi connectivity index (χ1v) is 14.3. The molecule has 8 nitrogen and oxygen atoms in total. The smallest absolute Gasteiger partial charge is 0.320 e. The second kappa shape index (κ2) is 11.0. The van der Waals surface area contributed by atoms with E-state index in [1.54, 1.807) is 4.90 Å². The van der Waals surface area contributed by atoms with Crippen molar-refractivity contribution < 1.29 is 14.7 Å². The molecule has 1 aromatic heterocycles. The van der Waals surface area contributed by atoms with E-state index in [1.807, 2.05) is 22.1 Å². The maximum atomic E-state index is 13.0. The molecule has 1 atom stereocenters. The summed E-state index contributed by atoms with van der Waals surface area (Å²) in [7, 11) is 0. The Hall–Kier alpha value is -2.97. The highest BCUT2D eigenvalue weighted by atomic mass is 16.3. The second-order valence-electron chi connectivity index (χ2n) is 11.5. The van der Waals surface area contributed by atoms with Crippen molar-refractivity contribution >= 4 is 11.9 Å². The first kappa shape index (κ1) is 25.3. The summed E-state index contributed by atoms with van der Waals surface area (Å²) in [6.07, 6.45) is 6.51. The van der Waals surface area contributed by atoms with Crippen LogP contribution in [0.25, 0.3) is 0 Å². The van der Waals surface area contributed by atoms with Gasteiger partial charge in [0.1, 0.15) is 0 Å². The van der Waals surface area contributed by atoms with E-state index in [2.05, 4.69) is 40.2 Å². The number of likely N-dealkylation sites (tertiary alicyclic amines) is 1. The molecule has 2 aromatic rings. The largest absolute Gasteiger partial charge is 0.390 e. The molecule has 2 saturated heterocycles. The number of β-amino-alcohol motifs (C(OH)–C–C–N with tert-alkyl or cyclic N) is 1. The molecule has 0 unspecified atom stereocenters. The molecule has 0 radical (unpaired) electrons. The fraction of sp³-hybridized carbons (Fsp3) is 0.567. The van der Waals surface area contributed by atoms with E-state index in [9.17, 15) is 14.7 Å². The average molecular weight is 518 g/mol. The molecule has 8 heteroatoms. The molecule has 3 fully saturated rings. The van der Waals surface area contributed by atoms with Gasteiger partial charge in [0.25, 0.3) is 0 Å². The van der Waals surface area contributed by atoms with Crippen LogP contribution in [0, 0.1) is 5.92 Å². The van der Waals surface area contributed by atoms with Crippen LogP contribution in [0.15, 0.2) is 42.6 Å². The van der Waals surface area contributed by atoms with Crippen LogP contribution < -0.4 is 0 Å². The summed E-state index contributed by atoms with van der Waals surface area (Å²) in [4.78, 5) is 37.9. The molecule has 38 heavy (non-hydrogen) atoms. The van der Waals surface area contributed by atoms with Gasteiger partial charge in [0.15, 0.2) is 0 Å². The number of carbonyl (C=O) groups is 2. The number of rotatable bonds is 8. The van der Waals surface area contributed by atoms with E-state index in [0.717, 1.165) is 64.0 Å². The van der Waals surface area contributed by atoms with E-state index in [-0.39, 0.29) is 6.03 Å². The zero-order chi connectivity index (χ0) is 26.1. The minimum atomic E-state index is -0.562. The average Bonchev–Trinajstić information content (AvgIpc) is 3.75. The highest BCUT2D eigenvalue weighted by Gasteiger charge is 2.35. The molecule has 4 heterocycles. The number of benzene rings is 1. The van der Waals surface area contributed by atoms with Gasteiger partial charge in [-0.05, 0) is 60.8 Å². The van der Waals surface area contributed by atoms with Crippen molar-refractivity contribution in [2.75, 3.05) is 45.8 Å². The minimum absolute atomic E-state index is 0.0216. The van der Waals surface area contributed by atoms with E-state index < -0.39 is 6.10 Å². The Bertz CT molecular complexity index is 1140. The Balaban J connectivity index is 0.955. The van der Waals surface area contributed by atoms with Crippen molar-refractivity contribution in [2.24, 2.45) is 5.92 Å².